The molecule has 0 spiro atoms. The highest BCUT2D eigenvalue weighted by molar-refractivity contribution is 7.89. The molecule has 0 aliphatic carbocycles. The van der Waals surface area contributed by atoms with Crippen LogP contribution in [0.5, 0.6) is 0 Å². The molecule has 2 aromatic rings. The Kier molecular flexibility index (Phi) is 4.15. The lowest BCUT2D eigenvalue weighted by Crippen LogP contribution is -2.30. The summed E-state index contributed by atoms with van der Waals surface area (Å²) in [4.78, 5) is 28.7. The molecule has 0 unspecified atom stereocenters. The minimum absolute atomic E-state index is 0.0215. The Morgan fingerprint density at radius 1 is 1.22 bits per heavy atom. The summed E-state index contributed by atoms with van der Waals surface area (Å²) in [7, 11) is -3.84. The van der Waals surface area contributed by atoms with E-state index >= 15 is 0 Å². The molecule has 2 aliphatic rings. The molecule has 2 N–H and O–H groups in total. The molecular formula is C18H16N4O4S. The van der Waals surface area contributed by atoms with Crippen molar-refractivity contribution in [1.29, 1.82) is 0 Å². The van der Waals surface area contributed by atoms with Crippen LogP contribution >= 0.6 is 0 Å². The number of amides is 2. The fourth-order valence-corrected chi connectivity index (χ4v) is 4.71. The first-order valence-electron chi connectivity index (χ1n) is 8.32. The quantitative estimate of drug-likeness (QED) is 0.828. The maximum atomic E-state index is 12.8. The third-order valence-electron chi connectivity index (χ3n) is 4.43. The second-order valence-electron chi connectivity index (χ2n) is 6.16. The topological polar surface area (TPSA) is 108 Å². The lowest BCUT2D eigenvalue weighted by atomic mass is 10.1. The number of benzene rings is 1. The van der Waals surface area contributed by atoms with Gasteiger partial charge in [0, 0.05) is 31.0 Å². The zero-order valence-electron chi connectivity index (χ0n) is 14.2. The predicted octanol–water partition coefficient (Wildman–Crippen LogP) is 1.24. The van der Waals surface area contributed by atoms with E-state index in [1.54, 1.807) is 30.6 Å². The molecule has 1 aromatic heterocycles. The van der Waals surface area contributed by atoms with Gasteiger partial charge in [-0.15, -0.1) is 0 Å². The van der Waals surface area contributed by atoms with Crippen LogP contribution in [0.15, 0.2) is 59.4 Å². The Labute approximate surface area is 156 Å². The van der Waals surface area contributed by atoms with Crippen molar-refractivity contribution < 1.29 is 18.0 Å². The summed E-state index contributed by atoms with van der Waals surface area (Å²) in [5.41, 5.74) is 1.37. The van der Waals surface area contributed by atoms with Gasteiger partial charge in [-0.3, -0.25) is 18.9 Å². The Morgan fingerprint density at radius 3 is 2.78 bits per heavy atom. The average molecular weight is 384 g/mol. The third-order valence-corrected chi connectivity index (χ3v) is 6.30. The number of anilines is 1. The first-order chi connectivity index (χ1) is 13.0. The number of pyridine rings is 1. The van der Waals surface area contributed by atoms with E-state index in [-0.39, 0.29) is 34.3 Å². The number of rotatable bonds is 3. The smallest absolute Gasteiger partial charge is 0.272 e. The van der Waals surface area contributed by atoms with Gasteiger partial charge < -0.3 is 10.6 Å². The SMILES string of the molecule is O=C1Nc2cc(C(=O)NCc3ccncc3)ccc2S(=O)(=O)N2CCC=C12. The molecule has 0 atom stereocenters. The molecule has 4 rings (SSSR count). The molecule has 0 saturated carbocycles. The van der Waals surface area contributed by atoms with Crippen LogP contribution in [0.3, 0.4) is 0 Å². The highest BCUT2D eigenvalue weighted by Gasteiger charge is 2.37. The highest BCUT2D eigenvalue weighted by atomic mass is 32.2. The van der Waals surface area contributed by atoms with E-state index < -0.39 is 15.9 Å². The molecule has 0 bridgehead atoms. The molecule has 138 valence electrons. The zero-order chi connectivity index (χ0) is 19.0. The molecule has 9 heteroatoms. The fourth-order valence-electron chi connectivity index (χ4n) is 3.08. The van der Waals surface area contributed by atoms with Crippen LogP contribution in [0, 0.1) is 0 Å². The number of hydrogen-bond donors (Lipinski definition) is 2. The van der Waals surface area contributed by atoms with Crippen LogP contribution in [0.1, 0.15) is 22.3 Å². The Bertz CT molecular complexity index is 1060. The van der Waals surface area contributed by atoms with Crippen LogP contribution in [0.4, 0.5) is 5.69 Å². The Balaban J connectivity index is 1.62. The number of fused-ring (bicyclic) bond motifs is 2. The van der Waals surface area contributed by atoms with Crippen molar-refractivity contribution >= 4 is 27.5 Å². The zero-order valence-corrected chi connectivity index (χ0v) is 15.0. The number of nitrogens with one attached hydrogen (secondary N) is 2. The molecule has 27 heavy (non-hydrogen) atoms. The fraction of sp³-hybridized carbons (Fsp3) is 0.167. The van der Waals surface area contributed by atoms with E-state index in [1.165, 1.54) is 18.2 Å². The van der Waals surface area contributed by atoms with Gasteiger partial charge in [0.05, 0.1) is 5.69 Å². The molecular weight excluding hydrogens is 368 g/mol. The van der Waals surface area contributed by atoms with Gasteiger partial charge in [0.2, 0.25) is 0 Å². The largest absolute Gasteiger partial charge is 0.348 e. The number of sulfonamides is 1. The number of carbonyl (C=O) groups is 2. The van der Waals surface area contributed by atoms with Gasteiger partial charge in [0.25, 0.3) is 21.8 Å². The number of hydrogen-bond acceptors (Lipinski definition) is 5. The van der Waals surface area contributed by atoms with Crippen LogP contribution in [-0.4, -0.2) is 36.1 Å². The highest BCUT2D eigenvalue weighted by Crippen LogP contribution is 2.34. The molecule has 0 radical (unpaired) electrons. The van der Waals surface area contributed by atoms with E-state index in [9.17, 15) is 18.0 Å². The van der Waals surface area contributed by atoms with Gasteiger partial charge in [-0.1, -0.05) is 6.08 Å². The molecule has 1 aromatic carbocycles. The Morgan fingerprint density at radius 2 is 2.00 bits per heavy atom. The molecule has 2 amide bonds. The van der Waals surface area contributed by atoms with Crippen LogP contribution in [0.2, 0.25) is 0 Å². The number of carbonyl (C=O) groups excluding carboxylic acids is 2. The summed E-state index contributed by atoms with van der Waals surface area (Å²) in [5, 5.41) is 5.36. The summed E-state index contributed by atoms with van der Waals surface area (Å²) < 4.78 is 26.8. The van der Waals surface area contributed by atoms with Gasteiger partial charge in [-0.25, -0.2) is 8.42 Å². The van der Waals surface area contributed by atoms with E-state index in [2.05, 4.69) is 15.6 Å². The predicted molar refractivity (Wildman–Crippen MR) is 97.1 cm³/mol. The molecule has 0 saturated heterocycles. The normalized spacial score (nSPS) is 17.3. The lowest BCUT2D eigenvalue weighted by Gasteiger charge is -2.18. The Hall–Kier alpha value is -3.20. The van der Waals surface area contributed by atoms with E-state index in [1.807, 2.05) is 0 Å². The van der Waals surface area contributed by atoms with Crippen molar-refractivity contribution in [3.63, 3.8) is 0 Å². The van der Waals surface area contributed by atoms with Gasteiger partial charge in [-0.2, -0.15) is 0 Å². The van der Waals surface area contributed by atoms with Crippen LogP contribution in [0.25, 0.3) is 0 Å². The standard InChI is InChI=1S/C18H16N4O4S/c23-17(20-11-12-5-7-19-8-6-12)13-3-4-16-14(10-13)21-18(24)15-2-1-9-22(15)27(16,25)26/h2-8,10H,1,9,11H2,(H,20,23)(H,21,24). The van der Waals surface area contributed by atoms with E-state index in [0.29, 0.717) is 13.0 Å². The van der Waals surface area contributed by atoms with Crippen molar-refractivity contribution in [2.24, 2.45) is 0 Å². The first-order valence-corrected chi connectivity index (χ1v) is 9.76. The minimum Gasteiger partial charge on any atom is -0.348 e. The number of nitrogens with zero attached hydrogens (tertiary/aromatic N) is 2. The summed E-state index contributed by atoms with van der Waals surface area (Å²) in [6, 6.07) is 7.74. The van der Waals surface area contributed by atoms with Crippen molar-refractivity contribution in [3.8, 4) is 0 Å². The summed E-state index contributed by atoms with van der Waals surface area (Å²) in [6.07, 6.45) is 5.35. The van der Waals surface area contributed by atoms with Crippen molar-refractivity contribution in [2.75, 3.05) is 11.9 Å². The maximum absolute atomic E-state index is 12.8. The van der Waals surface area contributed by atoms with Crippen molar-refractivity contribution in [1.82, 2.24) is 14.6 Å². The van der Waals surface area contributed by atoms with Gasteiger partial charge in [0.1, 0.15) is 10.6 Å². The number of aromatic nitrogens is 1. The van der Waals surface area contributed by atoms with Crippen LogP contribution in [-0.2, 0) is 21.4 Å². The second kappa shape index (κ2) is 6.51. The summed E-state index contributed by atoms with van der Waals surface area (Å²) >= 11 is 0. The molecule has 2 aliphatic heterocycles. The summed E-state index contributed by atoms with van der Waals surface area (Å²) in [6.45, 7) is 0.544. The van der Waals surface area contributed by atoms with Crippen molar-refractivity contribution in [3.05, 3.63) is 65.6 Å². The lowest BCUT2D eigenvalue weighted by molar-refractivity contribution is -0.113. The molecule has 3 heterocycles. The van der Waals surface area contributed by atoms with Gasteiger partial charge >= 0.3 is 0 Å². The molecule has 8 nitrogen and oxygen atoms in total. The van der Waals surface area contributed by atoms with E-state index in [4.69, 9.17) is 0 Å². The van der Waals surface area contributed by atoms with E-state index in [0.717, 1.165) is 9.87 Å². The summed E-state index contributed by atoms with van der Waals surface area (Å²) in [5.74, 6) is -0.866. The second-order valence-corrected chi connectivity index (χ2v) is 7.99. The van der Waals surface area contributed by atoms with Gasteiger partial charge in [-0.05, 0) is 42.3 Å². The van der Waals surface area contributed by atoms with Crippen LogP contribution < -0.4 is 10.6 Å². The van der Waals surface area contributed by atoms with Crippen molar-refractivity contribution in [2.45, 2.75) is 17.9 Å². The molecule has 0 fully saturated rings. The average Bonchev–Trinajstić information content (AvgIpc) is 3.15. The minimum atomic E-state index is -3.84. The maximum Gasteiger partial charge on any atom is 0.272 e. The third kappa shape index (κ3) is 3.06. The monoisotopic (exact) mass is 384 g/mol. The first kappa shape index (κ1) is 17.2. The van der Waals surface area contributed by atoms with Gasteiger partial charge in [0.15, 0.2) is 0 Å².